The molecule has 0 bridgehead atoms. The van der Waals surface area contributed by atoms with Gasteiger partial charge in [-0.3, -0.25) is 14.6 Å². The number of hydrogen-bond donors (Lipinski definition) is 2. The minimum atomic E-state index is -0.259. The Morgan fingerprint density at radius 1 is 1.08 bits per heavy atom. The summed E-state index contributed by atoms with van der Waals surface area (Å²) in [4.78, 5) is 32.1. The summed E-state index contributed by atoms with van der Waals surface area (Å²) in [6.07, 6.45) is 1.60. The zero-order valence-electron chi connectivity index (χ0n) is 21.5. The molecule has 0 fully saturated rings. The molecule has 0 unspecified atom stereocenters. The number of rotatable bonds is 9. The highest BCUT2D eigenvalue weighted by molar-refractivity contribution is 6.46. The van der Waals surface area contributed by atoms with E-state index in [4.69, 9.17) is 23.2 Å². The summed E-state index contributed by atoms with van der Waals surface area (Å²) in [5, 5.41) is 17.1. The first-order chi connectivity index (χ1) is 17.5. The van der Waals surface area contributed by atoms with Crippen LogP contribution in [0, 0.1) is 5.41 Å². The standard InChI is InChI=1S/C26H31Cl2N7O2/c1-26(2,3)11-10-21(35(5)25(37)23(29-4)18-12-19(27)14-20(28)13-18)16-6-8-17(9-7-16)24(36)30-15-22-31-33-34-32-22/h6-9,12-14,21H,10-11,15H2,1-5H3,(H,30,36)(H,31,32,33,34)/t21-/m1/s1. The monoisotopic (exact) mass is 543 g/mol. The van der Waals surface area contributed by atoms with Gasteiger partial charge in [-0.2, -0.15) is 5.21 Å². The molecule has 1 heterocycles. The van der Waals surface area contributed by atoms with Gasteiger partial charge in [-0.25, -0.2) is 0 Å². The van der Waals surface area contributed by atoms with E-state index in [-0.39, 0.29) is 35.5 Å². The van der Waals surface area contributed by atoms with Gasteiger partial charge >= 0.3 is 0 Å². The molecule has 3 rings (SSSR count). The molecule has 1 atom stereocenters. The van der Waals surface area contributed by atoms with Crippen LogP contribution in [0.2, 0.25) is 10.0 Å². The molecule has 11 heteroatoms. The predicted octanol–water partition coefficient (Wildman–Crippen LogP) is 4.88. The molecule has 0 aliphatic heterocycles. The first-order valence-electron chi connectivity index (χ1n) is 11.8. The van der Waals surface area contributed by atoms with Gasteiger partial charge in [0.05, 0.1) is 12.6 Å². The highest BCUT2D eigenvalue weighted by Gasteiger charge is 2.28. The summed E-state index contributed by atoms with van der Waals surface area (Å²) in [5.41, 5.74) is 2.29. The van der Waals surface area contributed by atoms with E-state index in [1.807, 2.05) is 12.1 Å². The molecular weight excluding hydrogens is 513 g/mol. The third kappa shape index (κ3) is 7.84. The van der Waals surface area contributed by atoms with E-state index in [1.54, 1.807) is 49.3 Å². The fourth-order valence-electron chi connectivity index (χ4n) is 3.88. The first kappa shape index (κ1) is 28.3. The van der Waals surface area contributed by atoms with Crippen molar-refractivity contribution in [1.29, 1.82) is 0 Å². The quantitative estimate of drug-likeness (QED) is 0.373. The number of likely N-dealkylation sites (N-methyl/N-ethyl adjacent to an activating group) is 1. The largest absolute Gasteiger partial charge is 0.345 e. The van der Waals surface area contributed by atoms with E-state index in [9.17, 15) is 9.59 Å². The average molecular weight is 544 g/mol. The van der Waals surface area contributed by atoms with E-state index < -0.39 is 0 Å². The van der Waals surface area contributed by atoms with Gasteiger partial charge < -0.3 is 10.2 Å². The summed E-state index contributed by atoms with van der Waals surface area (Å²) in [6, 6.07) is 12.0. The van der Waals surface area contributed by atoms with Crippen LogP contribution in [0.15, 0.2) is 47.5 Å². The number of halogens is 2. The first-order valence-corrected chi connectivity index (χ1v) is 12.5. The van der Waals surface area contributed by atoms with E-state index in [1.165, 1.54) is 0 Å². The molecule has 0 saturated carbocycles. The lowest BCUT2D eigenvalue weighted by molar-refractivity contribution is -0.125. The van der Waals surface area contributed by atoms with Crippen molar-refractivity contribution in [3.8, 4) is 0 Å². The summed E-state index contributed by atoms with van der Waals surface area (Å²) >= 11 is 12.4. The number of aromatic amines is 1. The van der Waals surface area contributed by atoms with E-state index >= 15 is 0 Å². The number of benzene rings is 2. The van der Waals surface area contributed by atoms with Crippen molar-refractivity contribution in [2.75, 3.05) is 14.1 Å². The Kier molecular flexibility index (Phi) is 9.39. The molecule has 2 aromatic carbocycles. The van der Waals surface area contributed by atoms with Crippen LogP contribution in [0.4, 0.5) is 0 Å². The van der Waals surface area contributed by atoms with Gasteiger partial charge in [0.25, 0.3) is 11.8 Å². The second kappa shape index (κ2) is 12.3. The van der Waals surface area contributed by atoms with Crippen molar-refractivity contribution >= 4 is 40.7 Å². The van der Waals surface area contributed by atoms with Gasteiger partial charge in [0.2, 0.25) is 0 Å². The Morgan fingerprint density at radius 3 is 2.27 bits per heavy atom. The van der Waals surface area contributed by atoms with Crippen molar-refractivity contribution in [3.63, 3.8) is 0 Å². The van der Waals surface area contributed by atoms with Gasteiger partial charge in [-0.15, -0.1) is 10.2 Å². The highest BCUT2D eigenvalue weighted by atomic mass is 35.5. The number of carbonyl (C=O) groups is 2. The van der Waals surface area contributed by atoms with Crippen LogP contribution in [-0.2, 0) is 11.3 Å². The Hall–Kier alpha value is -3.30. The fourth-order valence-corrected chi connectivity index (χ4v) is 4.40. The molecule has 0 saturated heterocycles. The number of aromatic nitrogens is 4. The van der Waals surface area contributed by atoms with Crippen molar-refractivity contribution < 1.29 is 9.59 Å². The Morgan fingerprint density at radius 2 is 1.73 bits per heavy atom. The SMILES string of the molecule is CN=C(C(=O)N(C)[C@H](CCC(C)(C)C)c1ccc(C(=O)NCc2nn[nH]n2)cc1)c1cc(Cl)cc(Cl)c1. The normalized spacial score (nSPS) is 12.8. The second-order valence-electron chi connectivity index (χ2n) is 9.89. The molecule has 1 aromatic heterocycles. The smallest absolute Gasteiger partial charge is 0.272 e. The van der Waals surface area contributed by atoms with Crippen LogP contribution in [0.1, 0.15) is 67.0 Å². The van der Waals surface area contributed by atoms with Gasteiger partial charge in [0, 0.05) is 35.3 Å². The maximum Gasteiger partial charge on any atom is 0.272 e. The van der Waals surface area contributed by atoms with Crippen molar-refractivity contribution in [1.82, 2.24) is 30.8 Å². The van der Waals surface area contributed by atoms with Gasteiger partial charge in [0.15, 0.2) is 5.82 Å². The number of hydrogen-bond acceptors (Lipinski definition) is 6. The third-order valence-electron chi connectivity index (χ3n) is 5.87. The summed E-state index contributed by atoms with van der Waals surface area (Å²) in [5.74, 6) is -0.117. The molecule has 196 valence electrons. The summed E-state index contributed by atoms with van der Waals surface area (Å²) in [6.45, 7) is 6.65. The molecule has 0 radical (unpaired) electrons. The molecule has 2 N–H and O–H groups in total. The number of tetrazole rings is 1. The van der Waals surface area contributed by atoms with Gasteiger partial charge in [-0.05, 0) is 54.2 Å². The molecule has 0 spiro atoms. The molecule has 9 nitrogen and oxygen atoms in total. The molecule has 0 aliphatic carbocycles. The Balaban J connectivity index is 1.83. The molecular formula is C26H31Cl2N7O2. The predicted molar refractivity (Wildman–Crippen MR) is 145 cm³/mol. The fraction of sp³-hybridized carbons (Fsp3) is 0.385. The molecule has 3 aromatic rings. The highest BCUT2D eigenvalue weighted by Crippen LogP contribution is 2.32. The van der Waals surface area contributed by atoms with Gasteiger partial charge in [0.1, 0.15) is 5.71 Å². The number of carbonyl (C=O) groups excluding carboxylic acids is 2. The maximum atomic E-state index is 13.6. The van der Waals surface area contributed by atoms with Crippen LogP contribution in [0.5, 0.6) is 0 Å². The molecule has 2 amide bonds. The zero-order chi connectivity index (χ0) is 27.2. The minimum Gasteiger partial charge on any atom is -0.345 e. The van der Waals surface area contributed by atoms with E-state index in [0.717, 1.165) is 18.4 Å². The number of aliphatic imine (C=N–C) groups is 1. The lowest BCUT2D eigenvalue weighted by Crippen LogP contribution is -2.37. The summed E-state index contributed by atoms with van der Waals surface area (Å²) in [7, 11) is 3.33. The molecule has 37 heavy (non-hydrogen) atoms. The van der Waals surface area contributed by atoms with Crippen LogP contribution >= 0.6 is 23.2 Å². The number of H-pyrrole nitrogens is 1. The number of nitrogens with one attached hydrogen (secondary N) is 2. The van der Waals surface area contributed by atoms with Crippen molar-refractivity contribution in [2.45, 2.75) is 46.2 Å². The zero-order valence-corrected chi connectivity index (χ0v) is 23.1. The second-order valence-corrected chi connectivity index (χ2v) is 10.8. The van der Waals surface area contributed by atoms with Gasteiger partial charge in [-0.1, -0.05) is 61.3 Å². The maximum absolute atomic E-state index is 13.6. The van der Waals surface area contributed by atoms with Crippen LogP contribution in [0.3, 0.4) is 0 Å². The van der Waals surface area contributed by atoms with E-state index in [2.05, 4.69) is 51.7 Å². The number of amides is 2. The molecule has 0 aliphatic rings. The Labute approximate surface area is 226 Å². The minimum absolute atomic E-state index is 0.0687. The van der Waals surface area contributed by atoms with Crippen LogP contribution in [-0.4, -0.2) is 57.1 Å². The topological polar surface area (TPSA) is 116 Å². The third-order valence-corrected chi connectivity index (χ3v) is 6.31. The lowest BCUT2D eigenvalue weighted by atomic mass is 9.86. The summed E-state index contributed by atoms with van der Waals surface area (Å²) < 4.78 is 0. The Bertz CT molecular complexity index is 1230. The van der Waals surface area contributed by atoms with Crippen molar-refractivity contribution in [2.24, 2.45) is 10.4 Å². The van der Waals surface area contributed by atoms with Crippen LogP contribution in [0.25, 0.3) is 0 Å². The van der Waals surface area contributed by atoms with E-state index in [0.29, 0.717) is 27.0 Å². The average Bonchev–Trinajstić information content (AvgIpc) is 3.36. The van der Waals surface area contributed by atoms with Crippen LogP contribution < -0.4 is 5.32 Å². The lowest BCUT2D eigenvalue weighted by Gasteiger charge is -2.31. The van der Waals surface area contributed by atoms with Crippen molar-refractivity contribution in [3.05, 3.63) is 75.0 Å². The number of nitrogens with zero attached hydrogens (tertiary/aromatic N) is 5.